The van der Waals surface area contributed by atoms with E-state index in [0.717, 1.165) is 12.8 Å². The lowest BCUT2D eigenvalue weighted by Crippen LogP contribution is -2.43. The Labute approximate surface area is 91.0 Å². The smallest absolute Gasteiger partial charge is 0.223 e. The fourth-order valence-corrected chi connectivity index (χ4v) is 2.03. The average molecular weight is 215 g/mol. The molecule has 1 amide bonds. The van der Waals surface area contributed by atoms with Gasteiger partial charge in [-0.1, -0.05) is 0 Å². The van der Waals surface area contributed by atoms with Crippen LogP contribution in [-0.4, -0.2) is 35.9 Å². The first-order valence-electron chi connectivity index (χ1n) is 5.59. The SMILES string of the molecule is CC(CO)NC(=O)C1CC(C)OC(C)C1. The van der Waals surface area contributed by atoms with Gasteiger partial charge in [0.2, 0.25) is 5.91 Å². The third kappa shape index (κ3) is 3.80. The third-order valence-corrected chi connectivity index (χ3v) is 2.73. The zero-order valence-electron chi connectivity index (χ0n) is 9.69. The summed E-state index contributed by atoms with van der Waals surface area (Å²) in [5.74, 6) is 0.0660. The van der Waals surface area contributed by atoms with E-state index in [9.17, 15) is 4.79 Å². The predicted molar refractivity (Wildman–Crippen MR) is 57.4 cm³/mol. The number of carbonyl (C=O) groups excluding carboxylic acids is 1. The van der Waals surface area contributed by atoms with E-state index in [0.29, 0.717) is 0 Å². The number of hydrogen-bond acceptors (Lipinski definition) is 3. The maximum absolute atomic E-state index is 11.8. The number of ether oxygens (including phenoxy) is 1. The lowest BCUT2D eigenvalue weighted by molar-refractivity contribution is -0.133. The Morgan fingerprint density at radius 1 is 1.47 bits per heavy atom. The molecule has 1 fully saturated rings. The number of amides is 1. The lowest BCUT2D eigenvalue weighted by Gasteiger charge is -2.31. The Morgan fingerprint density at radius 2 is 2.00 bits per heavy atom. The van der Waals surface area contributed by atoms with Gasteiger partial charge in [-0.15, -0.1) is 0 Å². The van der Waals surface area contributed by atoms with Gasteiger partial charge in [0.05, 0.1) is 18.8 Å². The van der Waals surface area contributed by atoms with E-state index in [1.165, 1.54) is 0 Å². The van der Waals surface area contributed by atoms with Crippen molar-refractivity contribution in [3.63, 3.8) is 0 Å². The molecule has 15 heavy (non-hydrogen) atoms. The molecule has 0 aromatic carbocycles. The summed E-state index contributed by atoms with van der Waals surface area (Å²) in [5, 5.41) is 11.6. The van der Waals surface area contributed by atoms with Crippen molar-refractivity contribution < 1.29 is 14.6 Å². The molecular weight excluding hydrogens is 194 g/mol. The number of carbonyl (C=O) groups is 1. The zero-order chi connectivity index (χ0) is 11.4. The number of aliphatic hydroxyl groups excluding tert-OH is 1. The normalized spacial score (nSPS) is 33.5. The van der Waals surface area contributed by atoms with Gasteiger partial charge in [0.15, 0.2) is 0 Å². The van der Waals surface area contributed by atoms with Crippen LogP contribution in [0, 0.1) is 5.92 Å². The third-order valence-electron chi connectivity index (χ3n) is 2.73. The van der Waals surface area contributed by atoms with Crippen LogP contribution in [0.2, 0.25) is 0 Å². The molecule has 0 radical (unpaired) electrons. The molecule has 2 N–H and O–H groups in total. The molecule has 4 heteroatoms. The highest BCUT2D eigenvalue weighted by atomic mass is 16.5. The zero-order valence-corrected chi connectivity index (χ0v) is 9.69. The first-order valence-corrected chi connectivity index (χ1v) is 5.59. The van der Waals surface area contributed by atoms with Crippen molar-refractivity contribution in [2.45, 2.75) is 51.9 Å². The highest BCUT2D eigenvalue weighted by molar-refractivity contribution is 5.79. The minimum Gasteiger partial charge on any atom is -0.394 e. The molecule has 1 saturated heterocycles. The van der Waals surface area contributed by atoms with Crippen molar-refractivity contribution in [2.75, 3.05) is 6.61 Å². The minimum absolute atomic E-state index is 0.0138. The second-order valence-electron chi connectivity index (χ2n) is 4.52. The van der Waals surface area contributed by atoms with Crippen molar-refractivity contribution in [1.82, 2.24) is 5.32 Å². The number of nitrogens with one attached hydrogen (secondary N) is 1. The molecular formula is C11H21NO3. The molecule has 0 aliphatic carbocycles. The van der Waals surface area contributed by atoms with E-state index in [2.05, 4.69) is 5.32 Å². The van der Waals surface area contributed by atoms with Crippen molar-refractivity contribution in [3.05, 3.63) is 0 Å². The van der Waals surface area contributed by atoms with Crippen LogP contribution in [0.1, 0.15) is 33.6 Å². The monoisotopic (exact) mass is 215 g/mol. The van der Waals surface area contributed by atoms with Crippen LogP contribution in [0.5, 0.6) is 0 Å². The van der Waals surface area contributed by atoms with E-state index in [1.807, 2.05) is 13.8 Å². The summed E-state index contributed by atoms with van der Waals surface area (Å²) in [6.45, 7) is 5.76. The Kier molecular flexibility index (Phi) is 4.54. The standard InChI is InChI=1S/C11H21NO3/c1-7(6-13)12-11(14)10-4-8(2)15-9(3)5-10/h7-10,13H,4-6H2,1-3H3,(H,12,14). The number of aliphatic hydroxyl groups is 1. The maximum Gasteiger partial charge on any atom is 0.223 e. The van der Waals surface area contributed by atoms with Crippen molar-refractivity contribution in [1.29, 1.82) is 0 Å². The Hall–Kier alpha value is -0.610. The molecule has 0 saturated carbocycles. The van der Waals surface area contributed by atoms with E-state index in [-0.39, 0.29) is 36.7 Å². The largest absolute Gasteiger partial charge is 0.394 e. The molecule has 0 bridgehead atoms. The van der Waals surface area contributed by atoms with Gasteiger partial charge in [-0.05, 0) is 33.6 Å². The van der Waals surface area contributed by atoms with Gasteiger partial charge in [0.25, 0.3) is 0 Å². The highest BCUT2D eigenvalue weighted by Crippen LogP contribution is 2.24. The summed E-state index contributed by atoms with van der Waals surface area (Å²) in [7, 11) is 0. The quantitative estimate of drug-likeness (QED) is 0.728. The van der Waals surface area contributed by atoms with Crippen LogP contribution in [0.25, 0.3) is 0 Å². The average Bonchev–Trinajstić information content (AvgIpc) is 2.16. The Balaban J connectivity index is 2.44. The molecule has 1 aliphatic rings. The first kappa shape index (κ1) is 12.5. The first-order chi connectivity index (χ1) is 7.02. The van der Waals surface area contributed by atoms with Gasteiger partial charge >= 0.3 is 0 Å². The van der Waals surface area contributed by atoms with E-state index < -0.39 is 0 Å². The summed E-state index contributed by atoms with van der Waals surface area (Å²) in [6.07, 6.45) is 1.84. The molecule has 0 aromatic rings. The molecule has 0 aromatic heterocycles. The summed E-state index contributed by atoms with van der Waals surface area (Å²) in [5.41, 5.74) is 0. The van der Waals surface area contributed by atoms with Crippen LogP contribution < -0.4 is 5.32 Å². The number of hydrogen-bond donors (Lipinski definition) is 2. The summed E-state index contributed by atoms with van der Waals surface area (Å²) < 4.78 is 5.57. The molecule has 88 valence electrons. The van der Waals surface area contributed by atoms with Crippen LogP contribution in [0.4, 0.5) is 0 Å². The van der Waals surface area contributed by atoms with Gasteiger partial charge in [-0.2, -0.15) is 0 Å². The van der Waals surface area contributed by atoms with Crippen LogP contribution >= 0.6 is 0 Å². The molecule has 1 aliphatic heterocycles. The summed E-state index contributed by atoms with van der Waals surface area (Å²) in [4.78, 5) is 11.8. The Bertz CT molecular complexity index is 210. The summed E-state index contributed by atoms with van der Waals surface area (Å²) >= 11 is 0. The number of rotatable bonds is 3. The topological polar surface area (TPSA) is 58.6 Å². The fraction of sp³-hybridized carbons (Fsp3) is 0.909. The fourth-order valence-electron chi connectivity index (χ4n) is 2.03. The maximum atomic E-state index is 11.8. The van der Waals surface area contributed by atoms with Crippen molar-refractivity contribution >= 4 is 5.91 Å². The van der Waals surface area contributed by atoms with E-state index in [1.54, 1.807) is 6.92 Å². The van der Waals surface area contributed by atoms with Gasteiger partial charge in [-0.3, -0.25) is 4.79 Å². The van der Waals surface area contributed by atoms with Gasteiger partial charge in [0, 0.05) is 12.0 Å². The molecule has 1 rings (SSSR count). The second kappa shape index (κ2) is 5.47. The summed E-state index contributed by atoms with van der Waals surface area (Å²) in [6, 6.07) is -0.161. The molecule has 1 heterocycles. The van der Waals surface area contributed by atoms with Crippen LogP contribution in [-0.2, 0) is 9.53 Å². The second-order valence-corrected chi connectivity index (χ2v) is 4.52. The van der Waals surface area contributed by atoms with Crippen LogP contribution in [0.15, 0.2) is 0 Å². The molecule has 0 spiro atoms. The molecule has 3 atom stereocenters. The van der Waals surface area contributed by atoms with Crippen molar-refractivity contribution in [2.24, 2.45) is 5.92 Å². The van der Waals surface area contributed by atoms with E-state index in [4.69, 9.17) is 9.84 Å². The van der Waals surface area contributed by atoms with Crippen molar-refractivity contribution in [3.8, 4) is 0 Å². The van der Waals surface area contributed by atoms with Crippen LogP contribution in [0.3, 0.4) is 0 Å². The van der Waals surface area contributed by atoms with Gasteiger partial charge in [-0.25, -0.2) is 0 Å². The Morgan fingerprint density at radius 3 is 2.47 bits per heavy atom. The lowest BCUT2D eigenvalue weighted by atomic mass is 9.91. The highest BCUT2D eigenvalue weighted by Gasteiger charge is 2.29. The molecule has 3 unspecified atom stereocenters. The molecule has 4 nitrogen and oxygen atoms in total. The predicted octanol–water partition coefficient (Wildman–Crippen LogP) is 0.687. The van der Waals surface area contributed by atoms with Gasteiger partial charge < -0.3 is 15.2 Å². The minimum atomic E-state index is -0.161. The van der Waals surface area contributed by atoms with Gasteiger partial charge in [0.1, 0.15) is 0 Å². The van der Waals surface area contributed by atoms with E-state index >= 15 is 0 Å².